The van der Waals surface area contributed by atoms with E-state index in [1.807, 2.05) is 19.1 Å². The number of aliphatic hydroxyl groups is 1. The summed E-state index contributed by atoms with van der Waals surface area (Å²) in [5.41, 5.74) is 2.26. The number of carbonyl (C=O) groups excluding carboxylic acids is 1. The molecule has 0 bridgehead atoms. The van der Waals surface area contributed by atoms with Gasteiger partial charge in [-0.3, -0.25) is 4.79 Å². The molecule has 4 heteroatoms. The molecular formula is C25H42O3Si. The molecule has 0 aliphatic heterocycles. The normalized spacial score (nSPS) is 25.2. The van der Waals surface area contributed by atoms with E-state index in [9.17, 15) is 9.90 Å². The Labute approximate surface area is 179 Å². The van der Waals surface area contributed by atoms with Crippen LogP contribution in [-0.2, 0) is 9.53 Å². The van der Waals surface area contributed by atoms with E-state index in [1.165, 1.54) is 0 Å². The zero-order valence-corrected chi connectivity index (χ0v) is 20.8. The van der Waals surface area contributed by atoms with Crippen LogP contribution < -0.4 is 0 Å². The fourth-order valence-electron chi connectivity index (χ4n) is 3.62. The number of rotatable bonds is 9. The van der Waals surface area contributed by atoms with Crippen molar-refractivity contribution < 1.29 is 14.6 Å². The smallest absolute Gasteiger partial charge is 0.174 e. The van der Waals surface area contributed by atoms with E-state index < -0.39 is 14.4 Å². The highest BCUT2D eigenvalue weighted by molar-refractivity contribution is 6.76. The standard InChI is InChI=1S/C25H42O3Si/c1-19(12-13-22-21(3)23(26)14-15-25(22,4)5)10-9-11-20(2)18-24(27)28-16-17-29(6,7)8/h9-13,18,21-22,24,27H,14-17H2,1-8H3/b11-9+,13-12+,19-10+,20-18+. The Morgan fingerprint density at radius 1 is 1.24 bits per heavy atom. The summed E-state index contributed by atoms with van der Waals surface area (Å²) < 4.78 is 5.49. The predicted octanol–water partition coefficient (Wildman–Crippen LogP) is 6.31. The predicted molar refractivity (Wildman–Crippen MR) is 127 cm³/mol. The van der Waals surface area contributed by atoms with E-state index in [-0.39, 0.29) is 17.3 Å². The Kier molecular flexibility index (Phi) is 10.00. The van der Waals surface area contributed by atoms with Crippen LogP contribution in [0.25, 0.3) is 0 Å². The number of hydrogen-bond acceptors (Lipinski definition) is 3. The lowest BCUT2D eigenvalue weighted by Gasteiger charge is -2.40. The van der Waals surface area contributed by atoms with Crippen molar-refractivity contribution in [3.8, 4) is 0 Å². The Bertz CT molecular complexity index is 662. The lowest BCUT2D eigenvalue weighted by Crippen LogP contribution is -2.37. The van der Waals surface area contributed by atoms with E-state index in [2.05, 4.69) is 65.6 Å². The van der Waals surface area contributed by atoms with Crippen molar-refractivity contribution in [2.45, 2.75) is 79.4 Å². The van der Waals surface area contributed by atoms with Gasteiger partial charge in [0.2, 0.25) is 0 Å². The van der Waals surface area contributed by atoms with Crippen molar-refractivity contribution in [2.75, 3.05) is 6.61 Å². The Balaban J connectivity index is 2.61. The molecule has 3 atom stereocenters. The first-order chi connectivity index (χ1) is 13.3. The second-order valence-electron chi connectivity index (χ2n) is 10.4. The van der Waals surface area contributed by atoms with E-state index in [4.69, 9.17) is 4.74 Å². The lowest BCUT2D eigenvalue weighted by atomic mass is 9.63. The lowest BCUT2D eigenvalue weighted by molar-refractivity contribution is -0.128. The van der Waals surface area contributed by atoms with Crippen molar-refractivity contribution in [2.24, 2.45) is 17.3 Å². The number of allylic oxidation sites excluding steroid dienone is 7. The van der Waals surface area contributed by atoms with Crippen LogP contribution in [0, 0.1) is 17.3 Å². The second kappa shape index (κ2) is 11.2. The zero-order chi connectivity index (χ0) is 22.2. The molecule has 29 heavy (non-hydrogen) atoms. The number of aliphatic hydroxyl groups excluding tert-OH is 1. The zero-order valence-electron chi connectivity index (χ0n) is 19.8. The van der Waals surface area contributed by atoms with Gasteiger partial charge in [0.05, 0.1) is 0 Å². The maximum atomic E-state index is 12.1. The van der Waals surface area contributed by atoms with Gasteiger partial charge >= 0.3 is 0 Å². The minimum Gasteiger partial charge on any atom is -0.365 e. The molecule has 0 heterocycles. The van der Waals surface area contributed by atoms with Crippen LogP contribution in [0.1, 0.15) is 47.5 Å². The van der Waals surface area contributed by atoms with Crippen molar-refractivity contribution in [1.82, 2.24) is 0 Å². The highest BCUT2D eigenvalue weighted by Crippen LogP contribution is 2.43. The van der Waals surface area contributed by atoms with E-state index in [1.54, 1.807) is 6.08 Å². The molecule has 3 unspecified atom stereocenters. The fraction of sp³-hybridized carbons (Fsp3) is 0.640. The summed E-state index contributed by atoms with van der Waals surface area (Å²) in [6.07, 6.45) is 12.9. The van der Waals surface area contributed by atoms with Gasteiger partial charge in [0.1, 0.15) is 5.78 Å². The van der Waals surface area contributed by atoms with Crippen LogP contribution in [0.2, 0.25) is 25.7 Å². The molecule has 1 saturated carbocycles. The maximum Gasteiger partial charge on any atom is 0.174 e. The van der Waals surface area contributed by atoms with Crippen molar-refractivity contribution in [3.63, 3.8) is 0 Å². The molecule has 0 saturated heterocycles. The third-order valence-electron chi connectivity index (χ3n) is 5.80. The molecular weight excluding hydrogens is 376 g/mol. The Morgan fingerprint density at radius 3 is 2.52 bits per heavy atom. The van der Waals surface area contributed by atoms with Crippen LogP contribution >= 0.6 is 0 Å². The molecule has 0 aromatic rings. The summed E-state index contributed by atoms with van der Waals surface area (Å²) in [7, 11) is -1.14. The molecule has 164 valence electrons. The van der Waals surface area contributed by atoms with Gasteiger partial charge in [0, 0.05) is 27.0 Å². The van der Waals surface area contributed by atoms with Gasteiger partial charge in [-0.1, -0.05) is 81.9 Å². The Morgan fingerprint density at radius 2 is 1.90 bits per heavy atom. The van der Waals surface area contributed by atoms with E-state index >= 15 is 0 Å². The first-order valence-electron chi connectivity index (χ1n) is 10.9. The molecule has 0 spiro atoms. The van der Waals surface area contributed by atoms with Gasteiger partial charge in [-0.2, -0.15) is 0 Å². The minimum absolute atomic E-state index is 0.0888. The van der Waals surface area contributed by atoms with Gasteiger partial charge in [-0.05, 0) is 43.7 Å². The number of ketones is 1. The molecule has 1 aliphatic carbocycles. The Hall–Kier alpha value is -1.23. The average molecular weight is 419 g/mol. The average Bonchev–Trinajstić information content (AvgIpc) is 2.57. The van der Waals surface area contributed by atoms with Crippen molar-refractivity contribution >= 4 is 13.9 Å². The summed E-state index contributed by atoms with van der Waals surface area (Å²) >= 11 is 0. The van der Waals surface area contributed by atoms with Crippen LogP contribution in [0.5, 0.6) is 0 Å². The second-order valence-corrected chi connectivity index (χ2v) is 16.0. The molecule has 0 amide bonds. The molecule has 1 N–H and O–H groups in total. The molecule has 0 radical (unpaired) electrons. The summed E-state index contributed by atoms with van der Waals surface area (Å²) in [6.45, 7) is 18.1. The maximum absolute atomic E-state index is 12.1. The van der Waals surface area contributed by atoms with E-state index in [0.717, 1.165) is 23.6 Å². The van der Waals surface area contributed by atoms with Gasteiger partial charge in [-0.25, -0.2) is 0 Å². The number of hydrogen-bond donors (Lipinski definition) is 1. The van der Waals surface area contributed by atoms with Crippen molar-refractivity contribution in [1.29, 1.82) is 0 Å². The molecule has 1 rings (SSSR count). The van der Waals surface area contributed by atoms with Gasteiger partial charge < -0.3 is 9.84 Å². The molecule has 0 aromatic heterocycles. The molecule has 1 fully saturated rings. The van der Waals surface area contributed by atoms with Crippen molar-refractivity contribution in [3.05, 3.63) is 47.6 Å². The summed E-state index contributed by atoms with van der Waals surface area (Å²) in [6, 6.07) is 1.04. The largest absolute Gasteiger partial charge is 0.365 e. The summed E-state index contributed by atoms with van der Waals surface area (Å²) in [4.78, 5) is 12.1. The quantitative estimate of drug-likeness (QED) is 0.271. The van der Waals surface area contributed by atoms with Gasteiger partial charge in [-0.15, -0.1) is 0 Å². The monoisotopic (exact) mass is 418 g/mol. The van der Waals surface area contributed by atoms with Gasteiger partial charge in [0.25, 0.3) is 0 Å². The third kappa shape index (κ3) is 9.88. The van der Waals surface area contributed by atoms with Crippen LogP contribution in [0.15, 0.2) is 47.6 Å². The molecule has 3 nitrogen and oxygen atoms in total. The fourth-order valence-corrected chi connectivity index (χ4v) is 4.35. The third-order valence-corrected chi connectivity index (χ3v) is 7.50. The van der Waals surface area contributed by atoms with Crippen LogP contribution in [0.3, 0.4) is 0 Å². The topological polar surface area (TPSA) is 46.5 Å². The van der Waals surface area contributed by atoms with E-state index in [0.29, 0.717) is 18.8 Å². The highest BCUT2D eigenvalue weighted by Gasteiger charge is 2.39. The molecule has 0 aromatic carbocycles. The number of carbonyl (C=O) groups is 1. The first kappa shape index (κ1) is 25.8. The number of Topliss-reactive ketones (excluding diaryl/α,β-unsaturated/α-hetero) is 1. The van der Waals surface area contributed by atoms with Crippen LogP contribution in [-0.4, -0.2) is 31.9 Å². The summed E-state index contributed by atoms with van der Waals surface area (Å²) in [5, 5.41) is 9.98. The summed E-state index contributed by atoms with van der Waals surface area (Å²) in [5.74, 6) is 0.749. The minimum atomic E-state index is -1.14. The SMILES string of the molecule is CC(/C=C/C1C(C)C(=O)CCC1(C)C)=C\C=C\C(C)=C\C(O)OCC[Si](C)(C)C. The molecule has 1 aliphatic rings. The highest BCUT2D eigenvalue weighted by atomic mass is 28.3. The van der Waals surface area contributed by atoms with Gasteiger partial charge in [0.15, 0.2) is 6.29 Å². The number of ether oxygens (including phenoxy) is 1. The van der Waals surface area contributed by atoms with Crippen LogP contribution in [0.4, 0.5) is 0 Å². The first-order valence-corrected chi connectivity index (χ1v) is 14.6.